The molecule has 5 saturated carbocycles. The molecule has 0 radical (unpaired) electrons. The number of carbonyl (C=O) groups excluding carboxylic acids is 1. The molecule has 5 N–H and O–H groups in total. The number of aliphatic hydroxyl groups is 2. The van der Waals surface area contributed by atoms with Gasteiger partial charge >= 0.3 is 11.9 Å². The van der Waals surface area contributed by atoms with Gasteiger partial charge in [-0.05, 0) is 112 Å². The van der Waals surface area contributed by atoms with Gasteiger partial charge < -0.3 is 25.8 Å². The van der Waals surface area contributed by atoms with Crippen LogP contribution < -0.4 is 5.73 Å². The molecule has 1 unspecified atom stereocenters. The summed E-state index contributed by atoms with van der Waals surface area (Å²) in [6, 6.07) is 0. The van der Waals surface area contributed by atoms with Crippen molar-refractivity contribution in [2.75, 3.05) is 0 Å². The zero-order valence-corrected chi connectivity index (χ0v) is 24.6. The van der Waals surface area contributed by atoms with Crippen molar-refractivity contribution >= 4 is 11.9 Å². The van der Waals surface area contributed by atoms with Crippen molar-refractivity contribution in [3.63, 3.8) is 0 Å². The Morgan fingerprint density at radius 3 is 2.31 bits per heavy atom. The van der Waals surface area contributed by atoms with Crippen LogP contribution in [0.3, 0.4) is 0 Å². The fourth-order valence-electron chi connectivity index (χ4n) is 10.6. The van der Waals surface area contributed by atoms with E-state index >= 15 is 0 Å². The molecule has 0 aromatic carbocycles. The highest BCUT2D eigenvalue weighted by Gasteiger charge is 2.71. The fourth-order valence-corrected chi connectivity index (χ4v) is 10.6. The Morgan fingerprint density at radius 1 is 1.03 bits per heavy atom. The van der Waals surface area contributed by atoms with Crippen molar-refractivity contribution in [3.05, 3.63) is 22.3 Å². The third-order valence-electron chi connectivity index (χ3n) is 12.5. The number of fused-ring (bicyclic) bond motifs is 5. The van der Waals surface area contributed by atoms with Crippen molar-refractivity contribution in [1.29, 1.82) is 0 Å². The number of allylic oxidation sites excluding steroid dienone is 2. The SMILES string of the molecule is CC(=O)O[C@H]1C[C@@]2(C)[C@@H](C[C@@H](O)[C@H]3[C@@]4(C)CC[C@@H](O)[C@@H](C)[C@@H]4CC[C@@]32N)/C1=C(/C(=O)O)C1CCC(=C(C)C)C1. The molecular weight excluding hydrogens is 494 g/mol. The number of ether oxygens (including phenoxy) is 1. The number of carboxylic acid groups (broad SMARTS) is 1. The van der Waals surface area contributed by atoms with Gasteiger partial charge in [-0.15, -0.1) is 0 Å². The largest absolute Gasteiger partial charge is 0.478 e. The highest BCUT2D eigenvalue weighted by atomic mass is 16.5. The lowest BCUT2D eigenvalue weighted by molar-refractivity contribution is -0.201. The van der Waals surface area contributed by atoms with E-state index in [1.807, 2.05) is 0 Å². The third kappa shape index (κ3) is 4.16. The summed E-state index contributed by atoms with van der Waals surface area (Å²) < 4.78 is 5.93. The van der Waals surface area contributed by atoms with E-state index in [1.54, 1.807) is 0 Å². The normalized spacial score (nSPS) is 48.6. The molecule has 39 heavy (non-hydrogen) atoms. The summed E-state index contributed by atoms with van der Waals surface area (Å²) in [6.07, 6.45) is 4.66. The second-order valence-electron chi connectivity index (χ2n) is 14.4. The Balaban J connectivity index is 1.63. The molecule has 0 amide bonds. The number of carbonyl (C=O) groups is 2. The number of aliphatic carboxylic acids is 1. The number of nitrogens with two attached hydrogens (primary N) is 1. The number of esters is 1. The van der Waals surface area contributed by atoms with E-state index in [2.05, 4.69) is 34.6 Å². The molecule has 5 rings (SSSR count). The van der Waals surface area contributed by atoms with E-state index in [0.29, 0.717) is 43.3 Å². The first-order valence-electron chi connectivity index (χ1n) is 15.1. The van der Waals surface area contributed by atoms with Crippen LogP contribution in [0.4, 0.5) is 0 Å². The number of hydrogen-bond acceptors (Lipinski definition) is 6. The number of hydrogen-bond donors (Lipinski definition) is 4. The zero-order valence-electron chi connectivity index (χ0n) is 24.6. The van der Waals surface area contributed by atoms with Gasteiger partial charge in [-0.1, -0.05) is 31.9 Å². The van der Waals surface area contributed by atoms with Crippen molar-refractivity contribution in [2.24, 2.45) is 46.2 Å². The van der Waals surface area contributed by atoms with Crippen LogP contribution in [0.1, 0.15) is 99.3 Å². The third-order valence-corrected chi connectivity index (χ3v) is 12.5. The number of carboxylic acids is 1. The molecule has 0 spiro atoms. The first-order valence-corrected chi connectivity index (χ1v) is 15.1. The molecule has 0 heterocycles. The van der Waals surface area contributed by atoms with Crippen LogP contribution in [-0.2, 0) is 14.3 Å². The fraction of sp³-hybridized carbons (Fsp3) is 0.812. The zero-order chi connectivity index (χ0) is 28.7. The molecule has 0 bridgehead atoms. The maximum Gasteiger partial charge on any atom is 0.331 e. The van der Waals surface area contributed by atoms with Gasteiger partial charge in [0.15, 0.2) is 0 Å². The van der Waals surface area contributed by atoms with Gasteiger partial charge in [-0.3, -0.25) is 4.79 Å². The predicted molar refractivity (Wildman–Crippen MR) is 148 cm³/mol. The summed E-state index contributed by atoms with van der Waals surface area (Å²) in [5, 5.41) is 33.2. The van der Waals surface area contributed by atoms with Gasteiger partial charge in [0, 0.05) is 24.0 Å². The van der Waals surface area contributed by atoms with E-state index in [0.717, 1.165) is 25.7 Å². The predicted octanol–water partition coefficient (Wildman–Crippen LogP) is 4.75. The molecule has 7 nitrogen and oxygen atoms in total. The number of aliphatic hydroxyl groups excluding tert-OH is 2. The first kappa shape index (κ1) is 28.8. The standard InChI is InChI=1S/C32H49NO6/c1-16(2)19-7-8-20(13-19)26(29(37)38)27-22-14-24(36)28-30(5)11-10-23(35)17(3)21(30)9-12-32(28,33)31(22,6)15-25(27)39-18(4)34/h17,20-25,28,35-36H,7-15,33H2,1-6H3,(H,37,38)/b27-26-/t17-,20?,21-,22-,23+,24+,25-,28-,30-,31-,32+/m0/s1. The molecule has 5 fully saturated rings. The Kier molecular flexibility index (Phi) is 7.16. The molecule has 5 aliphatic rings. The molecule has 218 valence electrons. The topological polar surface area (TPSA) is 130 Å². The lowest BCUT2D eigenvalue weighted by Crippen LogP contribution is -2.74. The van der Waals surface area contributed by atoms with Crippen molar-refractivity contribution in [2.45, 2.75) is 123 Å². The highest BCUT2D eigenvalue weighted by Crippen LogP contribution is 2.70. The highest BCUT2D eigenvalue weighted by molar-refractivity contribution is 5.89. The first-order chi connectivity index (χ1) is 18.2. The lowest BCUT2D eigenvalue weighted by Gasteiger charge is -2.68. The van der Waals surface area contributed by atoms with E-state index in [9.17, 15) is 24.9 Å². The van der Waals surface area contributed by atoms with Crippen LogP contribution in [0.2, 0.25) is 0 Å². The van der Waals surface area contributed by atoms with E-state index < -0.39 is 35.1 Å². The van der Waals surface area contributed by atoms with Gasteiger partial charge in [0.2, 0.25) is 0 Å². The summed E-state index contributed by atoms with van der Waals surface area (Å²) in [7, 11) is 0. The quantitative estimate of drug-likeness (QED) is 0.230. The van der Waals surface area contributed by atoms with Gasteiger partial charge in [0.05, 0.1) is 12.2 Å². The average molecular weight is 544 g/mol. The molecule has 11 atom stereocenters. The van der Waals surface area contributed by atoms with Gasteiger partial charge in [0.1, 0.15) is 6.10 Å². The molecule has 0 saturated heterocycles. The van der Waals surface area contributed by atoms with Crippen LogP contribution in [0.15, 0.2) is 22.3 Å². The number of rotatable bonds is 3. The van der Waals surface area contributed by atoms with E-state index in [-0.39, 0.29) is 41.1 Å². The van der Waals surface area contributed by atoms with Crippen molar-refractivity contribution in [3.8, 4) is 0 Å². The van der Waals surface area contributed by atoms with Crippen LogP contribution in [0.5, 0.6) is 0 Å². The molecule has 7 heteroatoms. The van der Waals surface area contributed by atoms with E-state index in [4.69, 9.17) is 10.5 Å². The van der Waals surface area contributed by atoms with Crippen molar-refractivity contribution in [1.82, 2.24) is 0 Å². The smallest absolute Gasteiger partial charge is 0.331 e. The van der Waals surface area contributed by atoms with Gasteiger partial charge in [-0.25, -0.2) is 4.79 Å². The molecule has 0 aromatic heterocycles. The Bertz CT molecular complexity index is 1110. The van der Waals surface area contributed by atoms with E-state index in [1.165, 1.54) is 18.1 Å². The van der Waals surface area contributed by atoms with Crippen molar-refractivity contribution < 1.29 is 29.6 Å². The van der Waals surface area contributed by atoms with Gasteiger partial charge in [-0.2, -0.15) is 0 Å². The molecule has 0 aliphatic heterocycles. The lowest BCUT2D eigenvalue weighted by atomic mass is 9.39. The maximum absolute atomic E-state index is 13.0. The minimum atomic E-state index is -0.945. The minimum absolute atomic E-state index is 0.139. The van der Waals surface area contributed by atoms with Crippen LogP contribution in [-0.4, -0.2) is 51.1 Å². The summed E-state index contributed by atoms with van der Waals surface area (Å²) in [6.45, 7) is 12.1. The Morgan fingerprint density at radius 2 is 1.72 bits per heavy atom. The summed E-state index contributed by atoms with van der Waals surface area (Å²) in [5.74, 6) is -1.53. The minimum Gasteiger partial charge on any atom is -0.478 e. The van der Waals surface area contributed by atoms with Crippen LogP contribution in [0, 0.1) is 40.4 Å². The summed E-state index contributed by atoms with van der Waals surface area (Å²) >= 11 is 0. The summed E-state index contributed by atoms with van der Waals surface area (Å²) in [5.41, 5.74) is 9.69. The second kappa shape index (κ2) is 9.70. The monoisotopic (exact) mass is 543 g/mol. The van der Waals surface area contributed by atoms with Crippen LogP contribution in [0.25, 0.3) is 0 Å². The molecule has 0 aromatic rings. The second-order valence-corrected chi connectivity index (χ2v) is 14.4. The molecular formula is C32H49NO6. The Labute approximate surface area is 233 Å². The summed E-state index contributed by atoms with van der Waals surface area (Å²) in [4.78, 5) is 25.3. The maximum atomic E-state index is 13.0. The van der Waals surface area contributed by atoms with Gasteiger partial charge in [0.25, 0.3) is 0 Å². The molecule has 5 aliphatic carbocycles. The average Bonchev–Trinajstić information content (AvgIpc) is 3.41. The Hall–Kier alpha value is -1.70. The van der Waals surface area contributed by atoms with Crippen LogP contribution >= 0.6 is 0 Å².